The standard InChI is InChI=1S/C8H15NO4/c1-2-3-4-7(5-8(10)11)6-9(12)13/h7H,2-6H2,1H3,(H,10,11). The molecule has 5 nitrogen and oxygen atoms in total. The van der Waals surface area contributed by atoms with Gasteiger partial charge in [-0.3, -0.25) is 14.9 Å². The summed E-state index contributed by atoms with van der Waals surface area (Å²) in [5.41, 5.74) is 0. The van der Waals surface area contributed by atoms with Crippen LogP contribution in [-0.2, 0) is 4.79 Å². The molecule has 0 amide bonds. The quantitative estimate of drug-likeness (QED) is 0.486. The van der Waals surface area contributed by atoms with Gasteiger partial charge in [-0.25, -0.2) is 0 Å². The Morgan fingerprint density at radius 2 is 2.23 bits per heavy atom. The number of nitro groups is 1. The Morgan fingerprint density at radius 3 is 2.62 bits per heavy atom. The number of carboxylic acid groups (broad SMARTS) is 1. The van der Waals surface area contributed by atoms with Gasteiger partial charge in [0.05, 0.1) is 6.42 Å². The molecule has 76 valence electrons. The van der Waals surface area contributed by atoms with Gasteiger partial charge in [0, 0.05) is 10.8 Å². The summed E-state index contributed by atoms with van der Waals surface area (Å²) in [6, 6.07) is 0. The second-order valence-electron chi connectivity index (χ2n) is 3.12. The number of hydrogen-bond donors (Lipinski definition) is 1. The molecule has 0 bridgehead atoms. The van der Waals surface area contributed by atoms with Gasteiger partial charge in [-0.05, 0) is 6.42 Å². The lowest BCUT2D eigenvalue weighted by Crippen LogP contribution is -2.17. The Hall–Kier alpha value is -1.13. The topological polar surface area (TPSA) is 80.4 Å². The van der Waals surface area contributed by atoms with E-state index in [-0.39, 0.29) is 18.9 Å². The number of nitrogens with zero attached hydrogens (tertiary/aromatic N) is 1. The van der Waals surface area contributed by atoms with E-state index < -0.39 is 10.9 Å². The highest BCUT2D eigenvalue weighted by atomic mass is 16.6. The molecule has 5 heteroatoms. The molecule has 13 heavy (non-hydrogen) atoms. The number of carboxylic acids is 1. The molecule has 0 rings (SSSR count). The molecule has 0 radical (unpaired) electrons. The zero-order chi connectivity index (χ0) is 10.3. The SMILES string of the molecule is CCCCC(CC(=O)O)C[N+](=O)[O-]. The monoisotopic (exact) mass is 189 g/mol. The van der Waals surface area contributed by atoms with Gasteiger partial charge >= 0.3 is 5.97 Å². The van der Waals surface area contributed by atoms with Crippen molar-refractivity contribution in [2.75, 3.05) is 6.54 Å². The first-order chi connectivity index (χ1) is 6.06. The highest BCUT2D eigenvalue weighted by Crippen LogP contribution is 2.12. The van der Waals surface area contributed by atoms with Crippen LogP contribution in [0.2, 0.25) is 0 Å². The number of aliphatic carboxylic acids is 1. The molecule has 0 heterocycles. The molecule has 0 aliphatic carbocycles. The second-order valence-corrected chi connectivity index (χ2v) is 3.12. The molecule has 0 aliphatic heterocycles. The number of unbranched alkanes of at least 4 members (excludes halogenated alkanes) is 1. The van der Waals surface area contributed by atoms with Crippen molar-refractivity contribution in [2.45, 2.75) is 32.6 Å². The Morgan fingerprint density at radius 1 is 1.62 bits per heavy atom. The molecule has 0 aromatic heterocycles. The van der Waals surface area contributed by atoms with E-state index in [2.05, 4.69) is 0 Å². The predicted octanol–water partition coefficient (Wildman–Crippen LogP) is 1.54. The molecule has 0 aromatic carbocycles. The van der Waals surface area contributed by atoms with E-state index in [1.807, 2.05) is 6.92 Å². The minimum Gasteiger partial charge on any atom is -0.481 e. The van der Waals surface area contributed by atoms with Crippen molar-refractivity contribution in [3.8, 4) is 0 Å². The summed E-state index contributed by atoms with van der Waals surface area (Å²) < 4.78 is 0. The third-order valence-corrected chi connectivity index (χ3v) is 1.84. The van der Waals surface area contributed by atoms with E-state index in [0.717, 1.165) is 12.8 Å². The average Bonchev–Trinajstić information content (AvgIpc) is 1.98. The van der Waals surface area contributed by atoms with Crippen LogP contribution in [0.4, 0.5) is 0 Å². The summed E-state index contributed by atoms with van der Waals surface area (Å²) in [5, 5.41) is 18.6. The van der Waals surface area contributed by atoms with Gasteiger partial charge in [-0.1, -0.05) is 19.8 Å². The molecule has 0 aromatic rings. The Bertz CT molecular complexity index is 165. The van der Waals surface area contributed by atoms with Crippen LogP contribution in [0.15, 0.2) is 0 Å². The van der Waals surface area contributed by atoms with Crippen LogP contribution in [0.1, 0.15) is 32.6 Å². The first kappa shape index (κ1) is 11.9. The van der Waals surface area contributed by atoms with Crippen LogP contribution in [0.5, 0.6) is 0 Å². The molecule has 1 atom stereocenters. The highest BCUT2D eigenvalue weighted by Gasteiger charge is 2.17. The average molecular weight is 189 g/mol. The Kier molecular flexibility index (Phi) is 5.84. The van der Waals surface area contributed by atoms with Crippen molar-refractivity contribution in [1.29, 1.82) is 0 Å². The lowest BCUT2D eigenvalue weighted by molar-refractivity contribution is -0.488. The highest BCUT2D eigenvalue weighted by molar-refractivity contribution is 5.67. The number of carbonyl (C=O) groups is 1. The Labute approximate surface area is 76.9 Å². The van der Waals surface area contributed by atoms with Crippen LogP contribution in [0.25, 0.3) is 0 Å². The fourth-order valence-corrected chi connectivity index (χ4v) is 1.21. The molecule has 0 saturated carbocycles. The fourth-order valence-electron chi connectivity index (χ4n) is 1.21. The zero-order valence-electron chi connectivity index (χ0n) is 7.73. The van der Waals surface area contributed by atoms with Crippen LogP contribution >= 0.6 is 0 Å². The second kappa shape index (κ2) is 6.39. The van der Waals surface area contributed by atoms with Crippen molar-refractivity contribution in [2.24, 2.45) is 5.92 Å². The fraction of sp³-hybridized carbons (Fsp3) is 0.875. The van der Waals surface area contributed by atoms with E-state index in [1.54, 1.807) is 0 Å². The van der Waals surface area contributed by atoms with Crippen LogP contribution < -0.4 is 0 Å². The molecule has 0 saturated heterocycles. The zero-order valence-corrected chi connectivity index (χ0v) is 7.73. The van der Waals surface area contributed by atoms with Gasteiger partial charge in [0.1, 0.15) is 0 Å². The van der Waals surface area contributed by atoms with Crippen molar-refractivity contribution in [3.05, 3.63) is 10.1 Å². The van der Waals surface area contributed by atoms with Crippen molar-refractivity contribution in [1.82, 2.24) is 0 Å². The maximum Gasteiger partial charge on any atom is 0.303 e. The van der Waals surface area contributed by atoms with Gasteiger partial charge in [-0.2, -0.15) is 0 Å². The van der Waals surface area contributed by atoms with Crippen LogP contribution in [0, 0.1) is 16.0 Å². The molecule has 0 spiro atoms. The van der Waals surface area contributed by atoms with Crippen LogP contribution in [-0.4, -0.2) is 22.5 Å². The van der Waals surface area contributed by atoms with Gasteiger partial charge in [0.2, 0.25) is 6.54 Å². The smallest absolute Gasteiger partial charge is 0.303 e. The lowest BCUT2D eigenvalue weighted by atomic mass is 9.99. The maximum atomic E-state index is 10.3. The van der Waals surface area contributed by atoms with E-state index in [0.29, 0.717) is 6.42 Å². The van der Waals surface area contributed by atoms with Crippen molar-refractivity contribution >= 4 is 5.97 Å². The summed E-state index contributed by atoms with van der Waals surface area (Å²) >= 11 is 0. The molecule has 1 N–H and O–H groups in total. The first-order valence-electron chi connectivity index (χ1n) is 4.39. The lowest BCUT2D eigenvalue weighted by Gasteiger charge is -2.08. The molecular weight excluding hydrogens is 174 g/mol. The van der Waals surface area contributed by atoms with Gasteiger partial charge in [0.15, 0.2) is 0 Å². The summed E-state index contributed by atoms with van der Waals surface area (Å²) in [4.78, 5) is 20.1. The Balaban J connectivity index is 3.87. The van der Waals surface area contributed by atoms with Crippen molar-refractivity contribution in [3.63, 3.8) is 0 Å². The minimum atomic E-state index is -0.956. The molecular formula is C8H15NO4. The van der Waals surface area contributed by atoms with Gasteiger partial charge < -0.3 is 5.11 Å². The van der Waals surface area contributed by atoms with E-state index in [9.17, 15) is 14.9 Å². The molecule has 0 aliphatic rings. The van der Waals surface area contributed by atoms with Crippen LogP contribution in [0.3, 0.4) is 0 Å². The summed E-state index contributed by atoms with van der Waals surface area (Å²) in [6.07, 6.45) is 2.32. The first-order valence-corrected chi connectivity index (χ1v) is 4.39. The van der Waals surface area contributed by atoms with Gasteiger partial charge in [0.25, 0.3) is 0 Å². The van der Waals surface area contributed by atoms with Gasteiger partial charge in [-0.15, -0.1) is 0 Å². The third-order valence-electron chi connectivity index (χ3n) is 1.84. The summed E-state index contributed by atoms with van der Waals surface area (Å²) in [5.74, 6) is -1.27. The largest absolute Gasteiger partial charge is 0.481 e. The van der Waals surface area contributed by atoms with E-state index in [1.165, 1.54) is 0 Å². The summed E-state index contributed by atoms with van der Waals surface area (Å²) in [6.45, 7) is 1.75. The molecule has 1 unspecified atom stereocenters. The van der Waals surface area contributed by atoms with E-state index >= 15 is 0 Å². The maximum absolute atomic E-state index is 10.3. The van der Waals surface area contributed by atoms with Crippen molar-refractivity contribution < 1.29 is 14.8 Å². The summed E-state index contributed by atoms with van der Waals surface area (Å²) in [7, 11) is 0. The number of hydrogen-bond acceptors (Lipinski definition) is 3. The third kappa shape index (κ3) is 7.24. The van der Waals surface area contributed by atoms with E-state index in [4.69, 9.17) is 5.11 Å². The molecule has 0 fully saturated rings. The normalized spacial score (nSPS) is 12.4. The minimum absolute atomic E-state index is 0.0962. The predicted molar refractivity (Wildman–Crippen MR) is 47.1 cm³/mol. The number of rotatable bonds is 7.